The first-order chi connectivity index (χ1) is 20.5. The molecule has 43 heavy (non-hydrogen) atoms. The van der Waals surface area contributed by atoms with Crippen LogP contribution in [0.4, 0.5) is 5.69 Å². The third-order valence-corrected chi connectivity index (χ3v) is 11.4. The average molecular weight is 631 g/mol. The van der Waals surface area contributed by atoms with Crippen molar-refractivity contribution in [3.05, 3.63) is 58.1 Å². The van der Waals surface area contributed by atoms with E-state index in [0.29, 0.717) is 30.6 Å². The molecule has 2 aromatic carbocycles. The minimum absolute atomic E-state index is 0.00288. The molecule has 3 aliphatic rings. The molecule has 10 heteroatoms. The van der Waals surface area contributed by atoms with Gasteiger partial charge in [-0.05, 0) is 98.2 Å². The Kier molecular flexibility index (Phi) is 9.73. The number of esters is 1. The molecule has 1 spiro atoms. The van der Waals surface area contributed by atoms with Gasteiger partial charge in [-0.25, -0.2) is 9.00 Å². The normalized spacial score (nSPS) is 24.8. The lowest BCUT2D eigenvalue weighted by atomic mass is 9.69. The highest BCUT2D eigenvalue weighted by molar-refractivity contribution is 7.79. The molecule has 0 radical (unpaired) electrons. The van der Waals surface area contributed by atoms with Crippen LogP contribution >= 0.6 is 11.6 Å². The standard InChI is InChI=1S/C33H43ClN2O6S/c1-21(22(2)43(39)40)14-31(37)35(3)17-25-7-8-26(25)18-36-19-33(13-5-6-23-15-27(34)10-11-28(23)33)20-42-30-12-9-24(16-29(30)36)32(38)41-4/h9-12,15-16,21-22,25-26H,5-8,13-14,17-20H2,1-4H3,(H,39,40)/t21-,22+,25+,26+,33+/m1/s1. The largest absolute Gasteiger partial charge is 0.490 e. The van der Waals surface area contributed by atoms with Crippen LogP contribution in [0.15, 0.2) is 36.4 Å². The van der Waals surface area contributed by atoms with Crippen molar-refractivity contribution < 1.29 is 27.8 Å². The number of ether oxygens (including phenoxy) is 2. The Labute approximate surface area is 262 Å². The van der Waals surface area contributed by atoms with Crippen molar-refractivity contribution >= 4 is 40.2 Å². The number of aryl methyl sites for hydroxylation is 1. The quantitative estimate of drug-likeness (QED) is 0.280. The number of anilines is 1. The molecule has 234 valence electrons. The van der Waals surface area contributed by atoms with E-state index >= 15 is 0 Å². The fraction of sp³-hybridized carbons (Fsp3) is 0.576. The second-order valence-electron chi connectivity index (χ2n) is 12.8. The summed E-state index contributed by atoms with van der Waals surface area (Å²) >= 11 is 4.44. The van der Waals surface area contributed by atoms with E-state index in [9.17, 15) is 18.4 Å². The summed E-state index contributed by atoms with van der Waals surface area (Å²) in [6, 6.07) is 11.8. The molecule has 1 saturated carbocycles. The van der Waals surface area contributed by atoms with E-state index < -0.39 is 16.3 Å². The van der Waals surface area contributed by atoms with Gasteiger partial charge in [0.1, 0.15) is 5.75 Å². The zero-order valence-electron chi connectivity index (χ0n) is 25.5. The highest BCUT2D eigenvalue weighted by atomic mass is 35.5. The van der Waals surface area contributed by atoms with Gasteiger partial charge in [0.15, 0.2) is 11.1 Å². The molecule has 0 saturated heterocycles. The van der Waals surface area contributed by atoms with Crippen LogP contribution in [0.2, 0.25) is 5.02 Å². The summed E-state index contributed by atoms with van der Waals surface area (Å²) in [5.74, 6) is 0.920. The van der Waals surface area contributed by atoms with Crippen molar-refractivity contribution in [2.24, 2.45) is 17.8 Å². The van der Waals surface area contributed by atoms with Gasteiger partial charge >= 0.3 is 5.97 Å². The highest BCUT2D eigenvalue weighted by Gasteiger charge is 2.43. The van der Waals surface area contributed by atoms with Gasteiger partial charge in [0.25, 0.3) is 0 Å². The van der Waals surface area contributed by atoms with Gasteiger partial charge in [-0.1, -0.05) is 24.6 Å². The second kappa shape index (κ2) is 13.2. The molecule has 1 fully saturated rings. The predicted octanol–water partition coefficient (Wildman–Crippen LogP) is 5.72. The molecule has 1 heterocycles. The summed E-state index contributed by atoms with van der Waals surface area (Å²) in [4.78, 5) is 29.7. The Morgan fingerprint density at radius 2 is 1.98 bits per heavy atom. The summed E-state index contributed by atoms with van der Waals surface area (Å²) < 4.78 is 32.5. The zero-order valence-corrected chi connectivity index (χ0v) is 27.1. The molecular formula is C33H43ClN2O6S. The minimum atomic E-state index is -1.95. The molecular weight excluding hydrogens is 588 g/mol. The van der Waals surface area contributed by atoms with Gasteiger partial charge in [-0.2, -0.15) is 0 Å². The van der Waals surface area contributed by atoms with E-state index in [1.54, 1.807) is 17.9 Å². The molecule has 2 aliphatic carbocycles. The van der Waals surface area contributed by atoms with Crippen LogP contribution in [0.25, 0.3) is 0 Å². The number of hydrogen-bond acceptors (Lipinski definition) is 6. The highest BCUT2D eigenvalue weighted by Crippen LogP contribution is 2.46. The lowest BCUT2D eigenvalue weighted by Gasteiger charge is -2.45. The van der Waals surface area contributed by atoms with Gasteiger partial charge in [-0.15, -0.1) is 0 Å². The number of amides is 1. The molecule has 1 amide bonds. The summed E-state index contributed by atoms with van der Waals surface area (Å²) in [6.07, 6.45) is 5.39. The molecule has 1 unspecified atom stereocenters. The number of rotatable bonds is 9. The lowest BCUT2D eigenvalue weighted by Crippen LogP contribution is -2.49. The summed E-state index contributed by atoms with van der Waals surface area (Å²) in [7, 11) is 3.23. The topological polar surface area (TPSA) is 96.4 Å². The molecule has 2 aromatic rings. The molecule has 0 bridgehead atoms. The maximum absolute atomic E-state index is 13.0. The first-order valence-corrected chi connectivity index (χ1v) is 16.8. The first kappa shape index (κ1) is 31.8. The number of fused-ring (bicyclic) bond motifs is 3. The Bertz CT molecular complexity index is 1390. The first-order valence-electron chi connectivity index (χ1n) is 15.2. The van der Waals surface area contributed by atoms with E-state index in [2.05, 4.69) is 17.0 Å². The Hall–Kier alpha value is -2.62. The van der Waals surface area contributed by atoms with Crippen LogP contribution in [-0.4, -0.2) is 71.2 Å². The van der Waals surface area contributed by atoms with Crippen LogP contribution in [0.5, 0.6) is 5.75 Å². The Morgan fingerprint density at radius 3 is 2.67 bits per heavy atom. The zero-order chi connectivity index (χ0) is 30.9. The average Bonchev–Trinajstić information content (AvgIpc) is 3.13. The van der Waals surface area contributed by atoms with Gasteiger partial charge < -0.3 is 23.8 Å². The van der Waals surface area contributed by atoms with Crippen molar-refractivity contribution in [2.75, 3.05) is 45.3 Å². The molecule has 8 nitrogen and oxygen atoms in total. The predicted molar refractivity (Wildman–Crippen MR) is 169 cm³/mol. The van der Waals surface area contributed by atoms with Gasteiger partial charge in [0.05, 0.1) is 30.2 Å². The van der Waals surface area contributed by atoms with E-state index in [0.717, 1.165) is 61.7 Å². The molecule has 1 N–H and O–H groups in total. The molecule has 0 aromatic heterocycles. The fourth-order valence-corrected chi connectivity index (χ4v) is 7.70. The van der Waals surface area contributed by atoms with Crippen LogP contribution < -0.4 is 9.64 Å². The summed E-state index contributed by atoms with van der Waals surface area (Å²) in [5, 5.41) is 0.292. The van der Waals surface area contributed by atoms with E-state index in [4.69, 9.17) is 21.1 Å². The number of benzene rings is 2. The number of methoxy groups -OCH3 is 1. The number of hydrogen-bond donors (Lipinski definition) is 1. The van der Waals surface area contributed by atoms with Crippen LogP contribution in [0.3, 0.4) is 0 Å². The maximum atomic E-state index is 13.0. The van der Waals surface area contributed by atoms with E-state index in [1.807, 2.05) is 32.2 Å². The summed E-state index contributed by atoms with van der Waals surface area (Å²) in [6.45, 7) is 6.30. The smallest absolute Gasteiger partial charge is 0.337 e. The Morgan fingerprint density at radius 1 is 1.21 bits per heavy atom. The second-order valence-corrected chi connectivity index (χ2v) is 14.5. The van der Waals surface area contributed by atoms with Crippen molar-refractivity contribution in [3.8, 4) is 5.75 Å². The number of halogens is 1. The maximum Gasteiger partial charge on any atom is 0.337 e. The Balaban J connectivity index is 1.38. The van der Waals surface area contributed by atoms with Gasteiger partial charge in [0, 0.05) is 43.5 Å². The van der Waals surface area contributed by atoms with Gasteiger partial charge in [0.2, 0.25) is 5.91 Å². The van der Waals surface area contributed by atoms with Crippen LogP contribution in [0.1, 0.15) is 67.4 Å². The molecule has 6 atom stereocenters. The van der Waals surface area contributed by atoms with Crippen molar-refractivity contribution in [2.45, 2.75) is 63.0 Å². The van der Waals surface area contributed by atoms with Crippen molar-refractivity contribution in [1.29, 1.82) is 0 Å². The number of carbonyl (C=O) groups excluding carboxylic acids is 2. The third-order valence-electron chi connectivity index (χ3n) is 10.0. The van der Waals surface area contributed by atoms with E-state index in [-0.39, 0.29) is 29.6 Å². The van der Waals surface area contributed by atoms with Gasteiger partial charge in [-0.3, -0.25) is 4.79 Å². The lowest BCUT2D eigenvalue weighted by molar-refractivity contribution is -0.132. The van der Waals surface area contributed by atoms with Crippen LogP contribution in [0, 0.1) is 17.8 Å². The fourth-order valence-electron chi connectivity index (χ4n) is 7.01. The molecule has 1 aliphatic heterocycles. The van der Waals surface area contributed by atoms with Crippen LogP contribution in [-0.2, 0) is 32.4 Å². The monoisotopic (exact) mass is 630 g/mol. The van der Waals surface area contributed by atoms with Crippen molar-refractivity contribution in [3.63, 3.8) is 0 Å². The summed E-state index contributed by atoms with van der Waals surface area (Å²) in [5.41, 5.74) is 3.74. The third kappa shape index (κ3) is 6.74. The number of nitrogens with zero attached hydrogens (tertiary/aromatic N) is 2. The van der Waals surface area contributed by atoms with Crippen molar-refractivity contribution in [1.82, 2.24) is 4.90 Å². The minimum Gasteiger partial charge on any atom is -0.490 e. The van der Waals surface area contributed by atoms with E-state index in [1.165, 1.54) is 18.2 Å². The SMILES string of the molecule is COC(=O)c1ccc2c(c1)N(C[C@@H]1CC[C@H]1CN(C)C(=O)C[C@@H](C)[C@H](C)S(=O)O)C[C@@]1(CCCc3cc(Cl)ccc31)CO2. The number of carbonyl (C=O) groups is 2. The molecule has 5 rings (SSSR count).